The maximum absolute atomic E-state index is 11.3. The van der Waals surface area contributed by atoms with Gasteiger partial charge in [0.25, 0.3) is 5.69 Å². The van der Waals surface area contributed by atoms with Crippen LogP contribution in [-0.2, 0) is 0 Å². The van der Waals surface area contributed by atoms with Gasteiger partial charge in [-0.25, -0.2) is 4.98 Å². The van der Waals surface area contributed by atoms with E-state index in [1.807, 2.05) is 23.6 Å². The first-order chi connectivity index (χ1) is 12.4. The highest BCUT2D eigenvalue weighted by molar-refractivity contribution is 7.10. The lowest BCUT2D eigenvalue weighted by Gasteiger charge is -2.12. The van der Waals surface area contributed by atoms with Gasteiger partial charge in [-0.05, 0) is 24.6 Å². The van der Waals surface area contributed by atoms with Crippen molar-refractivity contribution in [2.75, 3.05) is 19.0 Å². The van der Waals surface area contributed by atoms with Gasteiger partial charge < -0.3 is 4.90 Å². The molecule has 0 bridgehead atoms. The summed E-state index contributed by atoms with van der Waals surface area (Å²) in [5.41, 5.74) is 4.68. The van der Waals surface area contributed by atoms with Crippen LogP contribution in [0.1, 0.15) is 16.1 Å². The van der Waals surface area contributed by atoms with Crippen LogP contribution in [-0.4, -0.2) is 24.0 Å². The van der Waals surface area contributed by atoms with Gasteiger partial charge >= 0.3 is 0 Å². The molecule has 2 aromatic carbocycles. The average molecular weight is 402 g/mol. The summed E-state index contributed by atoms with van der Waals surface area (Å²) in [7, 11) is 3.58. The molecule has 0 saturated heterocycles. The molecule has 3 rings (SSSR count). The summed E-state index contributed by atoms with van der Waals surface area (Å²) in [5.74, 6) is 0. The van der Waals surface area contributed by atoms with Gasteiger partial charge in [-0.3, -0.25) is 10.1 Å². The van der Waals surface area contributed by atoms with Gasteiger partial charge in [0.1, 0.15) is 10.7 Å². The van der Waals surface area contributed by atoms with Gasteiger partial charge in [0.05, 0.1) is 10.6 Å². The normalized spacial score (nSPS) is 10.6. The van der Waals surface area contributed by atoms with E-state index < -0.39 is 0 Å². The molecule has 0 aliphatic rings. The number of benzene rings is 2. The molecule has 0 spiro atoms. The molecule has 0 N–H and O–H groups in total. The van der Waals surface area contributed by atoms with Crippen molar-refractivity contribution in [1.82, 2.24) is 4.98 Å². The minimum absolute atomic E-state index is 0. The zero-order valence-corrected chi connectivity index (χ0v) is 16.9. The van der Waals surface area contributed by atoms with Crippen LogP contribution in [0, 0.1) is 17.0 Å². The highest BCUT2D eigenvalue weighted by Crippen LogP contribution is 2.29. The second kappa shape index (κ2) is 8.79. The summed E-state index contributed by atoms with van der Waals surface area (Å²) in [4.78, 5) is 17.3. The Kier molecular flexibility index (Phi) is 6.71. The van der Waals surface area contributed by atoms with Crippen molar-refractivity contribution in [3.63, 3.8) is 0 Å². The van der Waals surface area contributed by atoms with E-state index in [2.05, 4.69) is 36.2 Å². The van der Waals surface area contributed by atoms with Gasteiger partial charge in [-0.1, -0.05) is 42.0 Å². The fourth-order valence-corrected chi connectivity index (χ4v) is 3.28. The molecule has 0 aliphatic carbocycles. The number of halogens is 1. The van der Waals surface area contributed by atoms with Crippen LogP contribution in [0.5, 0.6) is 0 Å². The zero-order valence-electron chi connectivity index (χ0n) is 15.2. The molecule has 7 heteroatoms. The summed E-state index contributed by atoms with van der Waals surface area (Å²) in [6.45, 7) is 2.06. The Morgan fingerprint density at radius 3 is 2.44 bits per heavy atom. The first-order valence-electron chi connectivity index (χ1n) is 8.10. The number of aryl methyl sites for hydroxylation is 1. The highest BCUT2D eigenvalue weighted by atomic mass is 35.5. The fraction of sp³-hybridized carbons (Fsp3) is 0.150. The van der Waals surface area contributed by atoms with Crippen LogP contribution in [0.3, 0.4) is 0 Å². The number of nitro groups is 1. The standard InChI is InChI=1S/C20H19N3O2S.ClH/c1-14-4-8-16(9-5-14)17-13-26-20(21-17)11-7-15-6-10-18(22(2)3)19(12-15)23(24)25;/h4-13H,1-3H3;1H/b11-7+;. The topological polar surface area (TPSA) is 59.3 Å². The van der Waals surface area contributed by atoms with E-state index in [0.29, 0.717) is 5.69 Å². The second-order valence-corrected chi connectivity index (χ2v) is 7.06. The van der Waals surface area contributed by atoms with Crippen molar-refractivity contribution in [3.05, 3.63) is 74.1 Å². The lowest BCUT2D eigenvalue weighted by Crippen LogP contribution is -2.10. The largest absolute Gasteiger partial charge is 0.372 e. The van der Waals surface area contributed by atoms with Crippen LogP contribution >= 0.6 is 23.7 Å². The number of aromatic nitrogens is 1. The summed E-state index contributed by atoms with van der Waals surface area (Å²) >= 11 is 1.55. The molecule has 0 fully saturated rings. The van der Waals surface area contributed by atoms with Crippen LogP contribution in [0.2, 0.25) is 0 Å². The van der Waals surface area contributed by atoms with Crippen LogP contribution in [0.15, 0.2) is 47.8 Å². The van der Waals surface area contributed by atoms with Gasteiger partial charge in [0.15, 0.2) is 0 Å². The maximum atomic E-state index is 11.3. The molecule has 27 heavy (non-hydrogen) atoms. The maximum Gasteiger partial charge on any atom is 0.293 e. The van der Waals surface area contributed by atoms with Crippen molar-refractivity contribution in [3.8, 4) is 11.3 Å². The van der Waals surface area contributed by atoms with E-state index >= 15 is 0 Å². The van der Waals surface area contributed by atoms with Crippen molar-refractivity contribution in [2.24, 2.45) is 0 Å². The SMILES string of the molecule is Cc1ccc(-c2csc(/C=C/c3ccc(N(C)C)c([N+](=O)[O-])c3)n2)cc1.Cl. The molecule has 3 aromatic rings. The summed E-state index contributed by atoms with van der Waals surface area (Å²) in [6, 6.07) is 13.5. The number of anilines is 1. The molecule has 0 aliphatic heterocycles. The van der Waals surface area contributed by atoms with Gasteiger partial charge in [-0.2, -0.15) is 0 Å². The van der Waals surface area contributed by atoms with Gasteiger partial charge in [-0.15, -0.1) is 23.7 Å². The Hall–Kier alpha value is -2.70. The molecule has 0 saturated carbocycles. The van der Waals surface area contributed by atoms with Crippen molar-refractivity contribution >= 4 is 47.3 Å². The quantitative estimate of drug-likeness (QED) is 0.407. The Bertz CT molecular complexity index is 966. The summed E-state index contributed by atoms with van der Waals surface area (Å²) < 4.78 is 0. The van der Waals surface area contributed by atoms with E-state index in [4.69, 9.17) is 0 Å². The smallest absolute Gasteiger partial charge is 0.293 e. The molecule has 0 radical (unpaired) electrons. The minimum Gasteiger partial charge on any atom is -0.372 e. The number of rotatable bonds is 5. The molecular weight excluding hydrogens is 382 g/mol. The number of thiazole rings is 1. The Morgan fingerprint density at radius 1 is 1.11 bits per heavy atom. The fourth-order valence-electron chi connectivity index (χ4n) is 2.56. The highest BCUT2D eigenvalue weighted by Gasteiger charge is 2.15. The van der Waals surface area contributed by atoms with E-state index in [0.717, 1.165) is 21.8 Å². The second-order valence-electron chi connectivity index (χ2n) is 6.17. The van der Waals surface area contributed by atoms with E-state index in [1.54, 1.807) is 42.5 Å². The van der Waals surface area contributed by atoms with Crippen molar-refractivity contribution in [1.29, 1.82) is 0 Å². The number of nitrogens with zero attached hydrogens (tertiary/aromatic N) is 3. The third-order valence-corrected chi connectivity index (χ3v) is 4.78. The third kappa shape index (κ3) is 4.93. The molecular formula is C20H20ClN3O2S. The molecule has 5 nitrogen and oxygen atoms in total. The number of hydrogen-bond acceptors (Lipinski definition) is 5. The molecule has 1 heterocycles. The summed E-state index contributed by atoms with van der Waals surface area (Å²) in [6.07, 6.45) is 3.74. The van der Waals surface area contributed by atoms with E-state index in [9.17, 15) is 10.1 Å². The first kappa shape index (κ1) is 20.6. The van der Waals surface area contributed by atoms with Gasteiger partial charge in [0.2, 0.25) is 0 Å². The van der Waals surface area contributed by atoms with Gasteiger partial charge in [0, 0.05) is 31.1 Å². The Labute approximate surface area is 168 Å². The Balaban J connectivity index is 0.00000261. The Morgan fingerprint density at radius 2 is 1.81 bits per heavy atom. The lowest BCUT2D eigenvalue weighted by molar-refractivity contribution is -0.384. The van der Waals surface area contributed by atoms with Crippen LogP contribution in [0.4, 0.5) is 11.4 Å². The monoisotopic (exact) mass is 401 g/mol. The summed E-state index contributed by atoms with van der Waals surface area (Å²) in [5, 5.41) is 14.2. The minimum atomic E-state index is -0.356. The van der Waals surface area contributed by atoms with Crippen molar-refractivity contribution < 1.29 is 4.92 Å². The first-order valence-corrected chi connectivity index (χ1v) is 8.98. The third-order valence-electron chi connectivity index (χ3n) is 3.97. The lowest BCUT2D eigenvalue weighted by atomic mass is 10.1. The van der Waals surface area contributed by atoms with Crippen molar-refractivity contribution in [2.45, 2.75) is 6.92 Å². The zero-order chi connectivity index (χ0) is 18.7. The molecule has 140 valence electrons. The predicted octanol–water partition coefficient (Wildman–Crippen LogP) is 5.68. The number of nitro benzene ring substituents is 1. The molecule has 0 atom stereocenters. The van der Waals surface area contributed by atoms with E-state index in [1.165, 1.54) is 5.56 Å². The molecule has 0 unspecified atom stereocenters. The molecule has 0 amide bonds. The van der Waals surface area contributed by atoms with Crippen LogP contribution < -0.4 is 4.90 Å². The average Bonchev–Trinajstić information content (AvgIpc) is 3.09. The molecule has 1 aromatic heterocycles. The van der Waals surface area contributed by atoms with E-state index in [-0.39, 0.29) is 23.0 Å². The number of hydrogen-bond donors (Lipinski definition) is 0. The van der Waals surface area contributed by atoms with Crippen LogP contribution in [0.25, 0.3) is 23.4 Å². The predicted molar refractivity (Wildman–Crippen MR) is 116 cm³/mol.